The first-order valence-corrected chi connectivity index (χ1v) is 16.9. The van der Waals surface area contributed by atoms with E-state index in [2.05, 4.69) is 114 Å². The molecule has 1 aliphatic heterocycles. The molecule has 1 saturated carbocycles. The Labute approximate surface area is 272 Å². The first-order chi connectivity index (χ1) is 22.0. The van der Waals surface area contributed by atoms with E-state index in [1.165, 1.54) is 54.5 Å². The van der Waals surface area contributed by atoms with Gasteiger partial charge in [-0.05, 0) is 68.0 Å². The van der Waals surface area contributed by atoms with E-state index in [1.807, 2.05) is 45.6 Å². The summed E-state index contributed by atoms with van der Waals surface area (Å²) in [4.78, 5) is 7.44. The highest BCUT2D eigenvalue weighted by atomic mass is 15.2. The van der Waals surface area contributed by atoms with Gasteiger partial charge in [-0.15, -0.1) is 0 Å². The second kappa shape index (κ2) is 16.2. The molecule has 0 spiro atoms. The molecule has 1 N–H and O–H groups in total. The molecule has 45 heavy (non-hydrogen) atoms. The molecule has 6 nitrogen and oxygen atoms in total. The van der Waals surface area contributed by atoms with Gasteiger partial charge in [0, 0.05) is 56.3 Å². The van der Waals surface area contributed by atoms with Crippen LogP contribution in [0.2, 0.25) is 0 Å². The maximum absolute atomic E-state index is 5.30. The van der Waals surface area contributed by atoms with Crippen LogP contribution >= 0.6 is 0 Å². The number of nitrogens with one attached hydrogen (secondary N) is 1. The monoisotopic (exact) mass is 606 g/mol. The Bertz CT molecular complexity index is 1630. The maximum Gasteiger partial charge on any atom is 0.138 e. The number of aryl methyl sites for hydroxylation is 2. The summed E-state index contributed by atoms with van der Waals surface area (Å²) in [7, 11) is 4.06. The maximum atomic E-state index is 5.30. The molecule has 3 aromatic rings. The number of hydrogen-bond acceptors (Lipinski definition) is 3. The fourth-order valence-corrected chi connectivity index (χ4v) is 6.14. The number of amidine groups is 1. The van der Waals surface area contributed by atoms with Crippen LogP contribution in [-0.4, -0.2) is 32.1 Å². The number of benzene rings is 1. The molecule has 240 valence electrons. The Kier molecular flexibility index (Phi) is 12.1. The summed E-state index contributed by atoms with van der Waals surface area (Å²) in [5.74, 6) is 1.96. The molecule has 0 bridgehead atoms. The number of rotatable bonds is 7. The van der Waals surface area contributed by atoms with E-state index >= 15 is 0 Å². The molecular formula is C39H54N6. The topological polar surface area (TPSA) is 50.4 Å². The van der Waals surface area contributed by atoms with Gasteiger partial charge < -0.3 is 14.8 Å². The Balaban J connectivity index is 0.00000111. The lowest BCUT2D eigenvalue weighted by Gasteiger charge is -2.27. The molecule has 1 aromatic carbocycles. The van der Waals surface area contributed by atoms with Crippen molar-refractivity contribution in [3.05, 3.63) is 95.7 Å². The minimum absolute atomic E-state index is 0. The third-order valence-corrected chi connectivity index (χ3v) is 8.33. The average Bonchev–Trinajstić information content (AvgIpc) is 3.56. The molecule has 2 aliphatic carbocycles. The van der Waals surface area contributed by atoms with E-state index < -0.39 is 0 Å². The van der Waals surface area contributed by atoms with Crippen LogP contribution in [0.25, 0.3) is 22.5 Å². The van der Waals surface area contributed by atoms with Gasteiger partial charge in [-0.2, -0.15) is 5.10 Å². The molecule has 2 aromatic heterocycles. The normalized spacial score (nSPS) is 16.1. The van der Waals surface area contributed by atoms with Crippen molar-refractivity contribution in [2.24, 2.45) is 12.0 Å². The Hall–Kier alpha value is -4.28. The summed E-state index contributed by atoms with van der Waals surface area (Å²) < 4.78 is 4.40. The smallest absolute Gasteiger partial charge is 0.138 e. The van der Waals surface area contributed by atoms with Crippen molar-refractivity contribution in [3.63, 3.8) is 0 Å². The molecule has 3 aliphatic rings. The molecule has 6 heteroatoms. The first-order valence-electron chi connectivity index (χ1n) is 16.9. The minimum Gasteiger partial charge on any atom is -0.345 e. The van der Waals surface area contributed by atoms with Crippen LogP contribution in [0.4, 0.5) is 11.5 Å². The van der Waals surface area contributed by atoms with Crippen molar-refractivity contribution in [1.82, 2.24) is 19.2 Å². The van der Waals surface area contributed by atoms with Crippen molar-refractivity contribution < 1.29 is 1.43 Å². The SMILES string of the molecule is CC.CC.CCc1cc(-c2cnn(C)c2)n(C2CCCCC2)c1/N=C(\C)Nc1ccc(C2=C=CCC=CN2C)cc1C1=CC=C1.[HH]. The summed E-state index contributed by atoms with van der Waals surface area (Å²) in [6.07, 6.45) is 25.0. The van der Waals surface area contributed by atoms with E-state index in [1.54, 1.807) is 0 Å². The zero-order valence-corrected chi connectivity index (χ0v) is 28.7. The Morgan fingerprint density at radius 1 is 1.07 bits per heavy atom. The predicted octanol–water partition coefficient (Wildman–Crippen LogP) is 10.7. The van der Waals surface area contributed by atoms with Crippen molar-refractivity contribution in [2.75, 3.05) is 12.4 Å². The quantitative estimate of drug-likeness (QED) is 0.165. The number of nitrogens with zero attached hydrogens (tertiary/aromatic N) is 5. The second-order valence-corrected chi connectivity index (χ2v) is 11.3. The van der Waals surface area contributed by atoms with E-state index in [0.29, 0.717) is 6.04 Å². The molecule has 0 unspecified atom stereocenters. The molecule has 1 fully saturated rings. The fourth-order valence-electron chi connectivity index (χ4n) is 6.14. The third kappa shape index (κ3) is 7.69. The van der Waals surface area contributed by atoms with Crippen molar-refractivity contribution in [3.8, 4) is 11.3 Å². The summed E-state index contributed by atoms with van der Waals surface area (Å²) in [5.41, 5.74) is 12.8. The Morgan fingerprint density at radius 3 is 2.47 bits per heavy atom. The van der Waals surface area contributed by atoms with Crippen LogP contribution in [0.1, 0.15) is 104 Å². The van der Waals surface area contributed by atoms with Crippen LogP contribution in [0.15, 0.2) is 84.0 Å². The van der Waals surface area contributed by atoms with Gasteiger partial charge >= 0.3 is 0 Å². The summed E-state index contributed by atoms with van der Waals surface area (Å²) in [6, 6.07) is 9.41. The summed E-state index contributed by atoms with van der Waals surface area (Å²) >= 11 is 0. The van der Waals surface area contributed by atoms with Crippen molar-refractivity contribution in [1.29, 1.82) is 0 Å². The van der Waals surface area contributed by atoms with Gasteiger partial charge in [-0.25, -0.2) is 4.99 Å². The van der Waals surface area contributed by atoms with Crippen LogP contribution in [0.5, 0.6) is 0 Å². The third-order valence-electron chi connectivity index (χ3n) is 8.33. The second-order valence-electron chi connectivity index (χ2n) is 11.3. The van der Waals surface area contributed by atoms with Gasteiger partial charge in [0.25, 0.3) is 0 Å². The number of hydrogen-bond donors (Lipinski definition) is 1. The van der Waals surface area contributed by atoms with Crippen LogP contribution in [0, 0.1) is 0 Å². The largest absolute Gasteiger partial charge is 0.345 e. The average molecular weight is 607 g/mol. The number of aromatic nitrogens is 3. The molecule has 3 heterocycles. The first kappa shape index (κ1) is 33.6. The molecular weight excluding hydrogens is 552 g/mol. The lowest BCUT2D eigenvalue weighted by molar-refractivity contribution is 0.358. The van der Waals surface area contributed by atoms with Gasteiger partial charge in [0.2, 0.25) is 0 Å². The van der Waals surface area contributed by atoms with E-state index in [-0.39, 0.29) is 1.43 Å². The van der Waals surface area contributed by atoms with Gasteiger partial charge in [0.05, 0.1) is 17.6 Å². The van der Waals surface area contributed by atoms with E-state index in [9.17, 15) is 0 Å². The van der Waals surface area contributed by atoms with Crippen LogP contribution in [0.3, 0.4) is 0 Å². The van der Waals surface area contributed by atoms with E-state index in [0.717, 1.165) is 47.0 Å². The summed E-state index contributed by atoms with van der Waals surface area (Å²) in [6.45, 7) is 12.3. The highest BCUT2D eigenvalue weighted by molar-refractivity contribution is 6.00. The lowest BCUT2D eigenvalue weighted by atomic mass is 9.94. The molecule has 0 atom stereocenters. The molecule has 0 amide bonds. The highest BCUT2D eigenvalue weighted by Crippen LogP contribution is 2.41. The van der Waals surface area contributed by atoms with Gasteiger partial charge in [-0.1, -0.05) is 90.0 Å². The molecule has 0 saturated heterocycles. The van der Waals surface area contributed by atoms with Crippen LogP contribution in [-0.2, 0) is 13.5 Å². The standard InChI is InChI=1S/C35H40N6.2C2H6.H2/c1-5-26-22-34(29-23-36-40(4)24-29)41(30-15-8-6-9-16-30)35(26)38-25(2)37-32-19-18-28(21-31(32)27-13-12-14-27)33-17-10-7-11-20-39(33)3;2*1-2;/h10-14,18-24,30H,5-9,15-16H2,1-4H3,(H,37,38);2*1-2H3;1H. The fraction of sp³-hybridized carbons (Fsp3) is 0.410. The van der Waals surface area contributed by atoms with Crippen LogP contribution < -0.4 is 5.32 Å². The number of aliphatic imine (C=N–C) groups is 1. The summed E-state index contributed by atoms with van der Waals surface area (Å²) in [5, 5.41) is 8.16. The zero-order valence-electron chi connectivity index (χ0n) is 28.7. The number of allylic oxidation sites excluding steroid dienone is 6. The molecule has 6 rings (SSSR count). The van der Waals surface area contributed by atoms with Gasteiger partial charge in [0.1, 0.15) is 11.7 Å². The predicted molar refractivity (Wildman–Crippen MR) is 196 cm³/mol. The minimum atomic E-state index is 0. The van der Waals surface area contributed by atoms with Crippen molar-refractivity contribution in [2.45, 2.75) is 92.5 Å². The zero-order chi connectivity index (χ0) is 32.3. The van der Waals surface area contributed by atoms with Gasteiger partial charge in [0.15, 0.2) is 0 Å². The Morgan fingerprint density at radius 2 is 1.82 bits per heavy atom. The molecule has 0 radical (unpaired) electrons. The van der Waals surface area contributed by atoms with Crippen molar-refractivity contribution >= 4 is 28.6 Å². The van der Waals surface area contributed by atoms with E-state index in [4.69, 9.17) is 4.99 Å². The lowest BCUT2D eigenvalue weighted by Crippen LogP contribution is -2.15. The van der Waals surface area contributed by atoms with Gasteiger partial charge in [-0.3, -0.25) is 4.68 Å². The number of anilines is 1. The highest BCUT2D eigenvalue weighted by Gasteiger charge is 2.25.